The second-order valence-electron chi connectivity index (χ2n) is 6.80. The number of benzene rings is 1. The lowest BCUT2D eigenvalue weighted by Crippen LogP contribution is -2.41. The lowest BCUT2D eigenvalue weighted by Gasteiger charge is -2.29. The smallest absolute Gasteiger partial charge is 0.266 e. The maximum absolute atomic E-state index is 13.0. The first-order valence-corrected chi connectivity index (χ1v) is 8.81. The summed E-state index contributed by atoms with van der Waals surface area (Å²) >= 11 is 1.41. The zero-order chi connectivity index (χ0) is 16.4. The van der Waals surface area contributed by atoms with Crippen LogP contribution in [0.2, 0.25) is 0 Å². The van der Waals surface area contributed by atoms with Gasteiger partial charge in [0.1, 0.15) is 4.88 Å². The molecule has 1 aromatic heterocycles. The molecule has 1 aromatic carbocycles. The van der Waals surface area contributed by atoms with Crippen molar-refractivity contribution < 1.29 is 9.90 Å². The maximum atomic E-state index is 13.0. The Labute approximate surface area is 140 Å². The van der Waals surface area contributed by atoms with Gasteiger partial charge >= 0.3 is 0 Å². The Balaban J connectivity index is 1.84. The van der Waals surface area contributed by atoms with Crippen LogP contribution in [0.15, 0.2) is 35.8 Å². The van der Waals surface area contributed by atoms with Crippen molar-refractivity contribution >= 4 is 17.2 Å². The van der Waals surface area contributed by atoms with Crippen molar-refractivity contribution in [3.8, 4) is 0 Å². The fraction of sp³-hybridized carbons (Fsp3) is 0.444. The summed E-state index contributed by atoms with van der Waals surface area (Å²) < 4.78 is 0. The van der Waals surface area contributed by atoms with Gasteiger partial charge < -0.3 is 10.0 Å². The first-order chi connectivity index (χ1) is 10.9. The largest absolute Gasteiger partial charge is 0.389 e. The van der Waals surface area contributed by atoms with Crippen LogP contribution in [0.3, 0.4) is 0 Å². The number of aromatic nitrogens is 1. The highest BCUT2D eigenvalue weighted by Crippen LogP contribution is 2.42. The summed E-state index contributed by atoms with van der Waals surface area (Å²) in [7, 11) is 0. The van der Waals surface area contributed by atoms with Crippen molar-refractivity contribution in [2.75, 3.05) is 6.54 Å². The number of hydrogen-bond acceptors (Lipinski definition) is 4. The minimum absolute atomic E-state index is 0.0274. The quantitative estimate of drug-likeness (QED) is 0.883. The maximum Gasteiger partial charge on any atom is 0.266 e. The molecule has 1 heterocycles. The van der Waals surface area contributed by atoms with E-state index < -0.39 is 5.60 Å². The van der Waals surface area contributed by atoms with E-state index in [-0.39, 0.29) is 5.91 Å². The summed E-state index contributed by atoms with van der Waals surface area (Å²) in [4.78, 5) is 19.9. The van der Waals surface area contributed by atoms with Gasteiger partial charge in [0.2, 0.25) is 0 Å². The summed E-state index contributed by atoms with van der Waals surface area (Å²) in [5.74, 6) is 0.418. The third-order valence-electron chi connectivity index (χ3n) is 3.83. The molecular weight excluding hydrogens is 308 g/mol. The van der Waals surface area contributed by atoms with Crippen molar-refractivity contribution in [2.24, 2.45) is 0 Å². The van der Waals surface area contributed by atoms with Gasteiger partial charge in [-0.3, -0.25) is 4.79 Å². The van der Waals surface area contributed by atoms with Crippen LogP contribution in [0.25, 0.3) is 0 Å². The van der Waals surface area contributed by atoms with Gasteiger partial charge in [0, 0.05) is 19.0 Å². The van der Waals surface area contributed by atoms with Crippen molar-refractivity contribution in [3.05, 3.63) is 52.0 Å². The topological polar surface area (TPSA) is 53.4 Å². The summed E-state index contributed by atoms with van der Waals surface area (Å²) in [5, 5.41) is 10.2. The SMILES string of the molecule is CC(C)(O)CN(Cc1ccccc1)C(=O)c1scnc1C1CC1. The highest BCUT2D eigenvalue weighted by atomic mass is 32.1. The molecule has 0 radical (unpaired) electrons. The molecule has 0 unspecified atom stereocenters. The van der Waals surface area contributed by atoms with E-state index in [1.54, 1.807) is 24.3 Å². The van der Waals surface area contributed by atoms with Crippen molar-refractivity contribution in [3.63, 3.8) is 0 Å². The van der Waals surface area contributed by atoms with Gasteiger partial charge in [-0.15, -0.1) is 11.3 Å². The van der Waals surface area contributed by atoms with Crippen molar-refractivity contribution in [1.82, 2.24) is 9.88 Å². The Morgan fingerprint density at radius 2 is 2.04 bits per heavy atom. The highest BCUT2D eigenvalue weighted by Gasteiger charge is 2.33. The summed E-state index contributed by atoms with van der Waals surface area (Å²) in [5.41, 5.74) is 2.82. The predicted molar refractivity (Wildman–Crippen MR) is 91.6 cm³/mol. The van der Waals surface area contributed by atoms with Gasteiger partial charge in [-0.25, -0.2) is 4.98 Å². The molecule has 3 rings (SSSR count). The number of nitrogens with zero attached hydrogens (tertiary/aromatic N) is 2. The number of carbonyl (C=O) groups is 1. The molecular formula is C18H22N2O2S. The monoisotopic (exact) mass is 330 g/mol. The average Bonchev–Trinajstić information content (AvgIpc) is 3.23. The number of thiazole rings is 1. The number of rotatable bonds is 6. The number of hydrogen-bond donors (Lipinski definition) is 1. The molecule has 1 fully saturated rings. The molecule has 2 aromatic rings. The van der Waals surface area contributed by atoms with E-state index in [4.69, 9.17) is 0 Å². The summed E-state index contributed by atoms with van der Waals surface area (Å²) in [6.07, 6.45) is 2.24. The van der Waals surface area contributed by atoms with Gasteiger partial charge in [-0.05, 0) is 32.3 Å². The number of carbonyl (C=O) groups excluding carboxylic acids is 1. The van der Waals surface area contributed by atoms with Crippen LogP contribution >= 0.6 is 11.3 Å². The lowest BCUT2D eigenvalue weighted by atomic mass is 10.1. The second-order valence-corrected chi connectivity index (χ2v) is 7.66. The van der Waals surface area contributed by atoms with E-state index in [1.165, 1.54) is 11.3 Å². The molecule has 1 aliphatic carbocycles. The standard InChI is InChI=1S/C18H22N2O2S/c1-18(2,22)11-20(10-13-6-4-3-5-7-13)17(21)16-15(14-8-9-14)19-12-23-16/h3-7,12,14,22H,8-11H2,1-2H3. The molecule has 1 amide bonds. The zero-order valence-electron chi connectivity index (χ0n) is 13.5. The normalized spacial score (nSPS) is 14.7. The Bertz CT molecular complexity index is 672. The van der Waals surface area contributed by atoms with Crippen LogP contribution in [0.5, 0.6) is 0 Å². The van der Waals surface area contributed by atoms with E-state index in [0.717, 1.165) is 29.0 Å². The molecule has 0 bridgehead atoms. The highest BCUT2D eigenvalue weighted by molar-refractivity contribution is 7.11. The van der Waals surface area contributed by atoms with Crippen LogP contribution in [0, 0.1) is 0 Å². The van der Waals surface area contributed by atoms with Crippen molar-refractivity contribution in [1.29, 1.82) is 0 Å². The van der Waals surface area contributed by atoms with E-state index in [1.807, 2.05) is 30.3 Å². The predicted octanol–water partition coefficient (Wildman–Crippen LogP) is 3.43. The molecule has 1 aliphatic rings. The van der Waals surface area contributed by atoms with Crippen LogP contribution in [0.1, 0.15) is 53.5 Å². The molecule has 122 valence electrons. The fourth-order valence-electron chi connectivity index (χ4n) is 2.68. The zero-order valence-corrected chi connectivity index (χ0v) is 14.3. The van der Waals surface area contributed by atoms with E-state index in [0.29, 0.717) is 19.0 Å². The number of aliphatic hydroxyl groups is 1. The Kier molecular flexibility index (Phi) is 4.50. The minimum Gasteiger partial charge on any atom is -0.389 e. The van der Waals surface area contributed by atoms with Crippen LogP contribution in [0.4, 0.5) is 0 Å². The van der Waals surface area contributed by atoms with Gasteiger partial charge in [0.15, 0.2) is 0 Å². The third-order valence-corrected chi connectivity index (χ3v) is 4.66. The van der Waals surface area contributed by atoms with Gasteiger partial charge in [0.25, 0.3) is 5.91 Å². The van der Waals surface area contributed by atoms with Gasteiger partial charge in [0.05, 0.1) is 16.8 Å². The average molecular weight is 330 g/mol. The Hall–Kier alpha value is -1.72. The molecule has 0 saturated heterocycles. The Morgan fingerprint density at radius 1 is 1.35 bits per heavy atom. The molecule has 4 nitrogen and oxygen atoms in total. The summed E-state index contributed by atoms with van der Waals surface area (Å²) in [6, 6.07) is 9.88. The van der Waals surface area contributed by atoms with Crippen LogP contribution < -0.4 is 0 Å². The molecule has 0 atom stereocenters. The van der Waals surface area contributed by atoms with Gasteiger partial charge in [-0.2, -0.15) is 0 Å². The third kappa shape index (κ3) is 4.18. The van der Waals surface area contributed by atoms with E-state index in [2.05, 4.69) is 4.98 Å². The second kappa shape index (κ2) is 6.42. The van der Waals surface area contributed by atoms with Crippen molar-refractivity contribution in [2.45, 2.75) is 44.8 Å². The lowest BCUT2D eigenvalue weighted by molar-refractivity contribution is 0.0282. The van der Waals surface area contributed by atoms with Crippen LogP contribution in [-0.4, -0.2) is 33.0 Å². The fourth-order valence-corrected chi connectivity index (χ4v) is 3.52. The van der Waals surface area contributed by atoms with E-state index >= 15 is 0 Å². The molecule has 23 heavy (non-hydrogen) atoms. The minimum atomic E-state index is -0.936. The van der Waals surface area contributed by atoms with Gasteiger partial charge in [-0.1, -0.05) is 30.3 Å². The number of amides is 1. The molecule has 0 spiro atoms. The molecule has 5 heteroatoms. The molecule has 0 aliphatic heterocycles. The summed E-state index contributed by atoms with van der Waals surface area (Å²) in [6.45, 7) is 4.24. The molecule has 1 N–H and O–H groups in total. The first-order valence-electron chi connectivity index (χ1n) is 7.93. The Morgan fingerprint density at radius 3 is 2.65 bits per heavy atom. The van der Waals surface area contributed by atoms with Crippen LogP contribution in [-0.2, 0) is 6.54 Å². The molecule has 1 saturated carbocycles. The van der Waals surface area contributed by atoms with E-state index in [9.17, 15) is 9.90 Å². The first kappa shape index (κ1) is 16.1.